The molecule has 0 bridgehead atoms. The Morgan fingerprint density at radius 1 is 1.16 bits per heavy atom. The van der Waals surface area contributed by atoms with Crippen molar-refractivity contribution in [2.24, 2.45) is 16.7 Å². The second-order valence-corrected chi connectivity index (χ2v) is 7.37. The molecule has 0 aromatic rings. The normalized spacial score (nSPS) is 29.1. The van der Waals surface area contributed by atoms with Crippen LogP contribution in [-0.2, 0) is 4.79 Å². The van der Waals surface area contributed by atoms with Gasteiger partial charge in [0.05, 0.1) is 6.61 Å². The lowest BCUT2D eigenvalue weighted by molar-refractivity contribution is -0.130. The molecular weight excluding hydrogens is 238 g/mol. The van der Waals surface area contributed by atoms with Gasteiger partial charge in [0.2, 0.25) is 5.91 Å². The predicted molar refractivity (Wildman–Crippen MR) is 76.7 cm³/mol. The van der Waals surface area contributed by atoms with Crippen LogP contribution in [0.5, 0.6) is 0 Å². The molecule has 1 amide bonds. The molecule has 110 valence electrons. The second-order valence-electron chi connectivity index (χ2n) is 7.37. The number of aliphatic hydroxyl groups is 1. The zero-order valence-electron chi connectivity index (χ0n) is 12.5. The van der Waals surface area contributed by atoms with Crippen molar-refractivity contribution >= 4 is 5.91 Å². The van der Waals surface area contributed by atoms with Crippen LogP contribution in [0.4, 0.5) is 0 Å². The van der Waals surface area contributed by atoms with Crippen molar-refractivity contribution in [2.75, 3.05) is 13.2 Å². The molecule has 0 radical (unpaired) electrons. The van der Waals surface area contributed by atoms with E-state index in [9.17, 15) is 9.90 Å². The highest BCUT2D eigenvalue weighted by molar-refractivity contribution is 5.79. The third-order valence-electron chi connectivity index (χ3n) is 5.46. The molecule has 0 heterocycles. The first-order valence-electron chi connectivity index (χ1n) is 7.88. The Morgan fingerprint density at radius 3 is 2.37 bits per heavy atom. The van der Waals surface area contributed by atoms with Gasteiger partial charge >= 0.3 is 0 Å². The van der Waals surface area contributed by atoms with Gasteiger partial charge in [0.15, 0.2) is 0 Å². The Hall–Kier alpha value is -0.570. The molecule has 0 saturated heterocycles. The summed E-state index contributed by atoms with van der Waals surface area (Å²) in [4.78, 5) is 12.4. The fourth-order valence-corrected chi connectivity index (χ4v) is 3.89. The lowest BCUT2D eigenvalue weighted by atomic mass is 9.68. The fourth-order valence-electron chi connectivity index (χ4n) is 3.89. The molecule has 19 heavy (non-hydrogen) atoms. The van der Waals surface area contributed by atoms with Crippen molar-refractivity contribution in [3.05, 3.63) is 0 Å². The van der Waals surface area contributed by atoms with Crippen molar-refractivity contribution in [1.29, 1.82) is 0 Å². The highest BCUT2D eigenvalue weighted by Crippen LogP contribution is 2.41. The summed E-state index contributed by atoms with van der Waals surface area (Å²) >= 11 is 0. The molecule has 1 atom stereocenters. The van der Waals surface area contributed by atoms with Crippen LogP contribution in [0.1, 0.15) is 65.2 Å². The van der Waals surface area contributed by atoms with E-state index in [1.807, 2.05) is 0 Å². The monoisotopic (exact) mass is 267 g/mol. The minimum Gasteiger partial charge on any atom is -0.396 e. The quantitative estimate of drug-likeness (QED) is 0.823. The Morgan fingerprint density at radius 2 is 1.79 bits per heavy atom. The Bertz CT molecular complexity index is 319. The first-order valence-corrected chi connectivity index (χ1v) is 7.88. The van der Waals surface area contributed by atoms with Gasteiger partial charge in [-0.1, -0.05) is 39.5 Å². The van der Waals surface area contributed by atoms with Gasteiger partial charge in [-0.15, -0.1) is 0 Å². The van der Waals surface area contributed by atoms with E-state index >= 15 is 0 Å². The van der Waals surface area contributed by atoms with Gasteiger partial charge in [-0.05, 0) is 31.1 Å². The van der Waals surface area contributed by atoms with E-state index in [1.165, 1.54) is 25.7 Å². The van der Waals surface area contributed by atoms with Crippen LogP contribution in [0.25, 0.3) is 0 Å². The maximum Gasteiger partial charge on any atom is 0.223 e. The zero-order chi connectivity index (χ0) is 13.9. The molecule has 2 aliphatic rings. The van der Waals surface area contributed by atoms with E-state index in [0.717, 1.165) is 25.7 Å². The van der Waals surface area contributed by atoms with Gasteiger partial charge in [-0.3, -0.25) is 4.79 Å². The van der Waals surface area contributed by atoms with E-state index in [4.69, 9.17) is 0 Å². The maximum absolute atomic E-state index is 12.4. The third kappa shape index (κ3) is 3.31. The van der Waals surface area contributed by atoms with Gasteiger partial charge in [0, 0.05) is 17.9 Å². The van der Waals surface area contributed by atoms with Crippen LogP contribution in [0.15, 0.2) is 0 Å². The zero-order valence-corrected chi connectivity index (χ0v) is 12.5. The molecule has 3 heteroatoms. The van der Waals surface area contributed by atoms with Gasteiger partial charge in [-0.25, -0.2) is 0 Å². The van der Waals surface area contributed by atoms with Crippen molar-refractivity contribution in [3.8, 4) is 0 Å². The highest BCUT2D eigenvalue weighted by Gasteiger charge is 2.39. The van der Waals surface area contributed by atoms with E-state index < -0.39 is 0 Å². The minimum atomic E-state index is -0.0333. The molecule has 0 spiro atoms. The molecule has 0 aromatic carbocycles. The van der Waals surface area contributed by atoms with Crippen molar-refractivity contribution < 1.29 is 9.90 Å². The van der Waals surface area contributed by atoms with Crippen LogP contribution in [-0.4, -0.2) is 24.2 Å². The van der Waals surface area contributed by atoms with E-state index in [2.05, 4.69) is 19.2 Å². The number of rotatable bonds is 4. The molecule has 3 nitrogen and oxygen atoms in total. The predicted octanol–water partition coefficient (Wildman–Crippen LogP) is 2.87. The number of hydrogen-bond acceptors (Lipinski definition) is 2. The summed E-state index contributed by atoms with van der Waals surface area (Å²) in [7, 11) is 0. The summed E-state index contributed by atoms with van der Waals surface area (Å²) in [6.07, 6.45) is 9.07. The largest absolute Gasteiger partial charge is 0.396 e. The van der Waals surface area contributed by atoms with Gasteiger partial charge in [-0.2, -0.15) is 0 Å². The number of hydrogen-bond donors (Lipinski definition) is 2. The first kappa shape index (κ1) is 14.8. The summed E-state index contributed by atoms with van der Waals surface area (Å²) in [6.45, 7) is 5.30. The molecule has 2 aliphatic carbocycles. The van der Waals surface area contributed by atoms with Crippen LogP contribution in [0.3, 0.4) is 0 Å². The van der Waals surface area contributed by atoms with Gasteiger partial charge in [0.1, 0.15) is 0 Å². The molecular formula is C16H29NO2. The second kappa shape index (κ2) is 5.82. The Kier molecular flexibility index (Phi) is 4.54. The number of nitrogens with one attached hydrogen (secondary N) is 1. The maximum atomic E-state index is 12.4. The van der Waals surface area contributed by atoms with E-state index in [1.54, 1.807) is 0 Å². The number of carbonyl (C=O) groups is 1. The van der Waals surface area contributed by atoms with E-state index in [-0.39, 0.29) is 29.3 Å². The third-order valence-corrected chi connectivity index (χ3v) is 5.46. The van der Waals surface area contributed by atoms with Crippen molar-refractivity contribution in [3.63, 3.8) is 0 Å². The molecule has 1 unspecified atom stereocenters. The molecule has 2 saturated carbocycles. The van der Waals surface area contributed by atoms with Crippen molar-refractivity contribution in [2.45, 2.75) is 65.2 Å². The average molecular weight is 267 g/mol. The smallest absolute Gasteiger partial charge is 0.223 e. The summed E-state index contributed by atoms with van der Waals surface area (Å²) in [6, 6.07) is 0. The lowest BCUT2D eigenvalue weighted by Crippen LogP contribution is -2.45. The fraction of sp³-hybridized carbons (Fsp3) is 0.938. The number of carbonyl (C=O) groups excluding carboxylic acids is 1. The Labute approximate surface area is 117 Å². The van der Waals surface area contributed by atoms with Gasteiger partial charge in [0.25, 0.3) is 0 Å². The van der Waals surface area contributed by atoms with Crippen molar-refractivity contribution in [1.82, 2.24) is 5.32 Å². The summed E-state index contributed by atoms with van der Waals surface area (Å²) in [5.41, 5.74) is 0.0961. The molecule has 2 rings (SSSR count). The molecule has 0 aromatic heterocycles. The summed E-state index contributed by atoms with van der Waals surface area (Å²) in [5.74, 6) is 0.364. The van der Waals surface area contributed by atoms with Crippen LogP contribution >= 0.6 is 0 Å². The number of aliphatic hydroxyl groups excluding tert-OH is 1. The SMILES string of the molecule is CC1(C)CCCCC1C(=O)NCC1(CO)CCCC1. The molecule has 2 fully saturated rings. The molecule has 0 aliphatic heterocycles. The standard InChI is InChI=1S/C16H29NO2/c1-15(2)8-4-3-7-13(15)14(19)17-11-16(12-18)9-5-6-10-16/h13,18H,3-12H2,1-2H3,(H,17,19). The van der Waals surface area contributed by atoms with Gasteiger partial charge < -0.3 is 10.4 Å². The lowest BCUT2D eigenvalue weighted by Gasteiger charge is -2.38. The topological polar surface area (TPSA) is 49.3 Å². The van der Waals surface area contributed by atoms with Crippen LogP contribution in [0.2, 0.25) is 0 Å². The molecule has 2 N–H and O–H groups in total. The first-order chi connectivity index (χ1) is 8.99. The highest BCUT2D eigenvalue weighted by atomic mass is 16.3. The van der Waals surface area contributed by atoms with E-state index in [0.29, 0.717) is 6.54 Å². The van der Waals surface area contributed by atoms with Crippen LogP contribution in [0, 0.1) is 16.7 Å². The summed E-state index contributed by atoms with van der Waals surface area (Å²) in [5, 5.41) is 12.7. The summed E-state index contributed by atoms with van der Waals surface area (Å²) < 4.78 is 0. The average Bonchev–Trinajstić information content (AvgIpc) is 2.85. The minimum absolute atomic E-state index is 0.0333. The Balaban J connectivity index is 1.90. The van der Waals surface area contributed by atoms with Crippen LogP contribution < -0.4 is 5.32 Å². The number of amides is 1.